The van der Waals surface area contributed by atoms with Crippen molar-refractivity contribution in [3.8, 4) is 6.07 Å². The van der Waals surface area contributed by atoms with Crippen molar-refractivity contribution < 1.29 is 31.8 Å². The molecule has 0 amide bonds. The minimum absolute atomic E-state index is 0.0629. The second kappa shape index (κ2) is 10.8. The van der Waals surface area contributed by atoms with E-state index in [2.05, 4.69) is 47.7 Å². The van der Waals surface area contributed by atoms with Gasteiger partial charge in [0.15, 0.2) is 14.0 Å². The Hall–Kier alpha value is -2.45. The van der Waals surface area contributed by atoms with E-state index in [-0.39, 0.29) is 22.5 Å². The van der Waals surface area contributed by atoms with E-state index in [0.717, 1.165) is 28.3 Å². The van der Waals surface area contributed by atoms with E-state index in [1.54, 1.807) is 6.07 Å². The maximum absolute atomic E-state index is 14.6. The highest BCUT2D eigenvalue weighted by molar-refractivity contribution is 6.74. The lowest BCUT2D eigenvalue weighted by molar-refractivity contribution is -0.626. The summed E-state index contributed by atoms with van der Waals surface area (Å²) in [6.45, 7) is 20.2. The first-order chi connectivity index (χ1) is 20.2. The molecule has 2 aliphatic heterocycles. The third-order valence-corrected chi connectivity index (χ3v) is 14.7. The van der Waals surface area contributed by atoms with Crippen LogP contribution in [-0.2, 0) is 32.1 Å². The lowest BCUT2D eigenvalue weighted by Crippen LogP contribution is -2.49. The van der Waals surface area contributed by atoms with Gasteiger partial charge in [-0.25, -0.2) is 0 Å². The molecular weight excluding hydrogens is 585 g/mol. The van der Waals surface area contributed by atoms with E-state index in [0.29, 0.717) is 55.0 Å². The van der Waals surface area contributed by atoms with Gasteiger partial charge in [-0.3, -0.25) is 0 Å². The number of hydrogen-bond acceptors (Lipinski definition) is 5. The molecule has 2 aromatic rings. The maximum atomic E-state index is 14.6. The summed E-state index contributed by atoms with van der Waals surface area (Å²) in [5, 5.41) is 24.2. The fourth-order valence-electron chi connectivity index (χ4n) is 7.07. The van der Waals surface area contributed by atoms with E-state index in [4.69, 9.17) is 13.9 Å². The quantitative estimate of drug-likeness (QED) is 0.192. The lowest BCUT2D eigenvalue weighted by atomic mass is 9.69. The number of benzene rings is 1. The van der Waals surface area contributed by atoms with Crippen LogP contribution in [0.3, 0.4) is 0 Å². The summed E-state index contributed by atoms with van der Waals surface area (Å²) in [7, 11) is -2.31. The van der Waals surface area contributed by atoms with Crippen LogP contribution in [0.2, 0.25) is 18.1 Å². The van der Waals surface area contributed by atoms with Crippen LogP contribution >= 0.6 is 0 Å². The molecule has 10 heteroatoms. The number of nitriles is 1. The van der Waals surface area contributed by atoms with Gasteiger partial charge in [0.2, 0.25) is 5.69 Å². The third kappa shape index (κ3) is 5.48. The molecule has 1 fully saturated rings. The van der Waals surface area contributed by atoms with Crippen LogP contribution < -0.4 is 4.73 Å². The fraction of sp³-hybridized carbons (Fsp3) is 0.647. The Balaban J connectivity index is 1.84. The molecule has 0 radical (unpaired) electrons. The molecule has 240 valence electrons. The van der Waals surface area contributed by atoms with Crippen LogP contribution in [0.4, 0.5) is 13.2 Å². The van der Waals surface area contributed by atoms with Gasteiger partial charge in [-0.05, 0) is 47.7 Å². The second-order valence-corrected chi connectivity index (χ2v) is 20.2. The maximum Gasteiger partial charge on any atom is 0.417 e. The molecule has 1 unspecified atom stereocenters. The summed E-state index contributed by atoms with van der Waals surface area (Å²) in [5.41, 5.74) is 1.81. The van der Waals surface area contributed by atoms with Gasteiger partial charge in [-0.1, -0.05) is 54.5 Å². The first-order valence-electron chi connectivity index (χ1n) is 15.6. The Morgan fingerprint density at radius 2 is 1.75 bits per heavy atom. The highest BCUT2D eigenvalue weighted by atomic mass is 28.4. The Kier molecular flexibility index (Phi) is 8.10. The third-order valence-electron chi connectivity index (χ3n) is 10.2. The van der Waals surface area contributed by atoms with Crippen molar-refractivity contribution in [1.29, 1.82) is 5.26 Å². The predicted molar refractivity (Wildman–Crippen MR) is 163 cm³/mol. The minimum atomic E-state index is -4.67. The SMILES string of the molecule is CC(C)c1c2c(c3c([n+]1[O-])CC(C)(C)CC3O[Si](C)(C)C(C)(C)C)C1(CCOCC1)O[C@@H]2c1ccc(C(F)(F)F)c(C#N)c1. The number of rotatable bonds is 4. The zero-order chi connectivity index (χ0) is 32.6. The van der Waals surface area contributed by atoms with Crippen molar-refractivity contribution in [2.45, 2.75) is 122 Å². The molecule has 1 aromatic carbocycles. The van der Waals surface area contributed by atoms with E-state index in [1.165, 1.54) is 12.1 Å². The normalized spacial score (nSPS) is 23.0. The Bertz CT molecular complexity index is 1500. The standard InChI is InChI=1S/C34H45F3N2O4Si/c1-20(2)29-27-28(26-24(39(29)40)17-32(6,7)18-25(26)43-44(8,9)31(3,4)5)33(12-14-41-15-13-33)42-30(27)21-10-11-23(34(35,36)37)22(16-21)19-38/h10-11,16,20,25,30H,12-15,17-18H2,1-9H3/t25?,30-/m1/s1. The zero-order valence-electron chi connectivity index (χ0n) is 27.4. The molecule has 44 heavy (non-hydrogen) atoms. The molecule has 3 heterocycles. The summed E-state index contributed by atoms with van der Waals surface area (Å²) >= 11 is 0. The minimum Gasteiger partial charge on any atom is -0.618 e. The van der Waals surface area contributed by atoms with Gasteiger partial charge in [0, 0.05) is 44.0 Å². The van der Waals surface area contributed by atoms with Gasteiger partial charge in [0.1, 0.15) is 6.10 Å². The van der Waals surface area contributed by atoms with Crippen molar-refractivity contribution in [2.24, 2.45) is 5.41 Å². The molecule has 2 atom stereocenters. The Labute approximate surface area is 260 Å². The predicted octanol–water partition coefficient (Wildman–Crippen LogP) is 8.49. The van der Waals surface area contributed by atoms with E-state index in [9.17, 15) is 23.6 Å². The van der Waals surface area contributed by atoms with Crippen LogP contribution in [0.1, 0.15) is 131 Å². The number of alkyl halides is 3. The van der Waals surface area contributed by atoms with E-state index < -0.39 is 37.3 Å². The molecule has 3 aliphatic rings. The summed E-state index contributed by atoms with van der Waals surface area (Å²) in [6, 6.07) is 5.36. The lowest BCUT2D eigenvalue weighted by Gasteiger charge is -2.45. The van der Waals surface area contributed by atoms with Crippen molar-refractivity contribution in [3.63, 3.8) is 0 Å². The van der Waals surface area contributed by atoms with Gasteiger partial charge in [-0.2, -0.15) is 23.2 Å². The number of aromatic nitrogens is 1. The average molecular weight is 631 g/mol. The topological polar surface area (TPSA) is 78.4 Å². The number of hydrogen-bond donors (Lipinski definition) is 0. The van der Waals surface area contributed by atoms with Gasteiger partial charge < -0.3 is 19.1 Å². The molecule has 5 rings (SSSR count). The van der Waals surface area contributed by atoms with Crippen molar-refractivity contribution in [1.82, 2.24) is 0 Å². The number of ether oxygens (including phenoxy) is 2. The van der Waals surface area contributed by atoms with Crippen molar-refractivity contribution in [3.05, 3.63) is 68.2 Å². The number of pyridine rings is 1. The molecule has 6 nitrogen and oxygen atoms in total. The number of halogens is 3. The zero-order valence-corrected chi connectivity index (χ0v) is 28.4. The van der Waals surface area contributed by atoms with E-state index in [1.807, 2.05) is 13.8 Å². The molecule has 1 aromatic heterocycles. The number of nitrogens with zero attached hydrogens (tertiary/aromatic N) is 2. The fourth-order valence-corrected chi connectivity index (χ4v) is 8.34. The molecule has 1 saturated heterocycles. The first kappa shape index (κ1) is 32.9. The summed E-state index contributed by atoms with van der Waals surface area (Å²) < 4.78 is 62.3. The van der Waals surface area contributed by atoms with Crippen molar-refractivity contribution in [2.75, 3.05) is 13.2 Å². The van der Waals surface area contributed by atoms with E-state index >= 15 is 0 Å². The smallest absolute Gasteiger partial charge is 0.417 e. The second-order valence-electron chi connectivity index (χ2n) is 15.4. The van der Waals surface area contributed by atoms with Gasteiger partial charge >= 0.3 is 6.18 Å². The van der Waals surface area contributed by atoms with Crippen LogP contribution in [-0.4, -0.2) is 21.5 Å². The Morgan fingerprint density at radius 3 is 2.30 bits per heavy atom. The molecule has 1 spiro atoms. The highest BCUT2D eigenvalue weighted by Gasteiger charge is 2.56. The number of fused-ring (bicyclic) bond motifs is 4. The highest BCUT2D eigenvalue weighted by Crippen LogP contribution is 2.58. The Morgan fingerprint density at radius 1 is 1.11 bits per heavy atom. The largest absolute Gasteiger partial charge is 0.618 e. The molecule has 0 N–H and O–H groups in total. The molecule has 1 aliphatic carbocycles. The van der Waals surface area contributed by atoms with Gasteiger partial charge in [-0.15, -0.1) is 0 Å². The molecule has 0 bridgehead atoms. The summed E-state index contributed by atoms with van der Waals surface area (Å²) in [5.74, 6) is -0.192. The summed E-state index contributed by atoms with van der Waals surface area (Å²) in [6.07, 6.45) is -3.42. The monoisotopic (exact) mass is 630 g/mol. The summed E-state index contributed by atoms with van der Waals surface area (Å²) in [4.78, 5) is 0. The van der Waals surface area contributed by atoms with Crippen LogP contribution in [0.5, 0.6) is 0 Å². The molecule has 0 saturated carbocycles. The van der Waals surface area contributed by atoms with Crippen LogP contribution in [0.15, 0.2) is 18.2 Å². The van der Waals surface area contributed by atoms with Crippen LogP contribution in [0, 0.1) is 22.0 Å². The molecular formula is C34H45F3N2O4Si. The first-order valence-corrected chi connectivity index (χ1v) is 18.5. The van der Waals surface area contributed by atoms with Gasteiger partial charge in [0.25, 0.3) is 0 Å². The van der Waals surface area contributed by atoms with Gasteiger partial charge in [0.05, 0.1) is 40.0 Å². The average Bonchev–Trinajstić information content (AvgIpc) is 3.20. The van der Waals surface area contributed by atoms with Crippen molar-refractivity contribution >= 4 is 8.32 Å². The van der Waals surface area contributed by atoms with Crippen LogP contribution in [0.25, 0.3) is 0 Å².